The minimum Gasteiger partial charge on any atom is -0.0739 e. The Morgan fingerprint density at radius 3 is 1.21 bits per heavy atom. The largest absolute Gasteiger partial charge is 0.0739 e. The zero-order valence-electron chi connectivity index (χ0n) is 16.0. The van der Waals surface area contributed by atoms with Crippen LogP contribution in [0.3, 0.4) is 0 Å². The van der Waals surface area contributed by atoms with Crippen molar-refractivity contribution in [3.8, 4) is 0 Å². The monoisotopic (exact) mass is 380 g/mol. The zero-order chi connectivity index (χ0) is 19.1. The predicted octanol–water partition coefficient (Wildman–Crippen LogP) is 5.42. The van der Waals surface area contributed by atoms with E-state index < -0.39 is 6.89 Å². The first-order valence-corrected chi connectivity index (χ1v) is 11.7. The van der Waals surface area contributed by atoms with Crippen LogP contribution in [0.15, 0.2) is 121 Å². The quantitative estimate of drug-likeness (QED) is 0.392. The van der Waals surface area contributed by atoms with E-state index in [1.54, 1.807) is 0 Å². The maximum atomic E-state index is 2.61. The fourth-order valence-electron chi connectivity index (χ4n) is 3.82. The van der Waals surface area contributed by atoms with E-state index in [2.05, 4.69) is 127 Å². The molecule has 0 saturated carbocycles. The molecule has 0 atom stereocenters. The summed E-state index contributed by atoms with van der Waals surface area (Å²) >= 11 is 0. The number of benzene rings is 4. The van der Waals surface area contributed by atoms with Gasteiger partial charge in [0.1, 0.15) is 0 Å². The average Bonchev–Trinajstić information content (AvgIpc) is 2.79. The maximum Gasteiger partial charge on any atom is -0.0163 e. The summed E-state index contributed by atoms with van der Waals surface area (Å²) in [5.41, 5.74) is 1.39. The molecule has 0 nitrogen and oxygen atoms in total. The van der Waals surface area contributed by atoms with Crippen molar-refractivity contribution in [1.82, 2.24) is 0 Å². The van der Waals surface area contributed by atoms with Crippen LogP contribution in [0.25, 0.3) is 0 Å². The van der Waals surface area contributed by atoms with Gasteiger partial charge in [-0.2, -0.15) is 0 Å². The Hall–Kier alpha value is -2.82. The summed E-state index contributed by atoms with van der Waals surface area (Å²) in [4.78, 5) is 0. The molecule has 0 amide bonds. The van der Waals surface area contributed by atoms with E-state index in [0.29, 0.717) is 0 Å². The molecule has 28 heavy (non-hydrogen) atoms. The standard InChI is InChI=1S/C27H25P/c1-5-14-24(15-6-1)16-13-23-28(25-17-7-2-8-18-25,26-19-9-3-10-20-26)27-21-11-4-12-22-27/h1-12,14-15,17-23H,13,16H2. The molecule has 0 aliphatic carbocycles. The molecule has 0 saturated heterocycles. The van der Waals surface area contributed by atoms with Gasteiger partial charge in [0.25, 0.3) is 0 Å². The van der Waals surface area contributed by atoms with Crippen LogP contribution in [-0.4, -0.2) is 5.80 Å². The van der Waals surface area contributed by atoms with Gasteiger partial charge in [0.05, 0.1) is 0 Å². The van der Waals surface area contributed by atoms with E-state index in [1.165, 1.54) is 21.5 Å². The van der Waals surface area contributed by atoms with E-state index in [0.717, 1.165) is 12.8 Å². The van der Waals surface area contributed by atoms with Crippen molar-refractivity contribution in [2.75, 3.05) is 0 Å². The highest BCUT2D eigenvalue weighted by Gasteiger charge is 2.24. The van der Waals surface area contributed by atoms with Gasteiger partial charge in [0.15, 0.2) is 0 Å². The van der Waals surface area contributed by atoms with Crippen LogP contribution >= 0.6 is 6.89 Å². The molecule has 0 heterocycles. The first kappa shape index (κ1) is 18.5. The molecule has 4 rings (SSSR count). The Kier molecular flexibility index (Phi) is 5.90. The molecule has 0 radical (unpaired) electrons. The first-order valence-electron chi connectivity index (χ1n) is 9.83. The summed E-state index contributed by atoms with van der Waals surface area (Å²) in [6, 6.07) is 43.9. The molecule has 0 spiro atoms. The molecule has 4 aromatic rings. The lowest BCUT2D eigenvalue weighted by atomic mass is 10.1. The summed E-state index contributed by atoms with van der Waals surface area (Å²) in [6.07, 6.45) is 2.12. The first-order chi connectivity index (χ1) is 13.9. The number of rotatable bonds is 6. The second kappa shape index (κ2) is 8.91. The molecule has 4 aromatic carbocycles. The van der Waals surface area contributed by atoms with E-state index in [4.69, 9.17) is 0 Å². The van der Waals surface area contributed by atoms with Gasteiger partial charge in [-0.3, -0.25) is 0 Å². The Morgan fingerprint density at radius 1 is 0.464 bits per heavy atom. The summed E-state index contributed by atoms with van der Waals surface area (Å²) in [5, 5.41) is 4.25. The van der Waals surface area contributed by atoms with Crippen molar-refractivity contribution in [3.63, 3.8) is 0 Å². The molecular formula is C27H25P. The van der Waals surface area contributed by atoms with Gasteiger partial charge in [-0.1, -0.05) is 127 Å². The minimum atomic E-state index is -1.82. The normalized spacial score (nSPS) is 11.1. The lowest BCUT2D eigenvalue weighted by molar-refractivity contribution is 1.07. The number of aryl methyl sites for hydroxylation is 1. The van der Waals surface area contributed by atoms with E-state index in [9.17, 15) is 0 Å². The van der Waals surface area contributed by atoms with Crippen LogP contribution in [0.2, 0.25) is 0 Å². The second-order valence-electron chi connectivity index (χ2n) is 6.94. The average molecular weight is 380 g/mol. The smallest absolute Gasteiger partial charge is 0.0163 e. The van der Waals surface area contributed by atoms with Crippen LogP contribution in [0, 0.1) is 0 Å². The van der Waals surface area contributed by atoms with Gasteiger partial charge < -0.3 is 0 Å². The fraction of sp³-hybridized carbons (Fsp3) is 0.0741. The van der Waals surface area contributed by atoms with Crippen molar-refractivity contribution >= 4 is 28.6 Å². The third-order valence-electron chi connectivity index (χ3n) is 5.17. The molecule has 0 N–H and O–H groups in total. The van der Waals surface area contributed by atoms with E-state index >= 15 is 0 Å². The molecule has 1 heteroatoms. The Labute approximate surface area is 168 Å². The summed E-state index contributed by atoms with van der Waals surface area (Å²) < 4.78 is 0. The van der Waals surface area contributed by atoms with Crippen molar-refractivity contribution in [3.05, 3.63) is 127 Å². The zero-order valence-corrected chi connectivity index (χ0v) is 16.9. The molecule has 0 aliphatic rings. The van der Waals surface area contributed by atoms with E-state index in [-0.39, 0.29) is 0 Å². The van der Waals surface area contributed by atoms with Gasteiger partial charge in [-0.15, -0.1) is 0 Å². The summed E-state index contributed by atoms with van der Waals surface area (Å²) in [7, 11) is 0. The SMILES string of the molecule is C(CCc1ccccc1)=P(c1ccccc1)(c1ccccc1)c1ccccc1. The minimum absolute atomic E-state index is 1.05. The molecular weight excluding hydrogens is 355 g/mol. The Balaban J connectivity index is 1.89. The number of hydrogen-bond donors (Lipinski definition) is 0. The van der Waals surface area contributed by atoms with Gasteiger partial charge in [-0.25, -0.2) is 0 Å². The molecule has 0 bridgehead atoms. The predicted molar refractivity (Wildman–Crippen MR) is 126 cm³/mol. The summed E-state index contributed by atoms with van der Waals surface area (Å²) in [6.45, 7) is -1.82. The van der Waals surface area contributed by atoms with Gasteiger partial charge >= 0.3 is 0 Å². The lowest BCUT2D eigenvalue weighted by Crippen LogP contribution is -2.27. The highest BCUT2D eigenvalue weighted by Crippen LogP contribution is 2.43. The maximum absolute atomic E-state index is 2.61. The molecule has 0 unspecified atom stereocenters. The van der Waals surface area contributed by atoms with E-state index in [1.807, 2.05) is 0 Å². The van der Waals surface area contributed by atoms with Crippen molar-refractivity contribution in [2.24, 2.45) is 0 Å². The summed E-state index contributed by atoms with van der Waals surface area (Å²) in [5.74, 6) is 2.61. The topological polar surface area (TPSA) is 0 Å². The van der Waals surface area contributed by atoms with Gasteiger partial charge in [0.2, 0.25) is 0 Å². The second-order valence-corrected chi connectivity index (χ2v) is 10.3. The number of hydrogen-bond acceptors (Lipinski definition) is 0. The van der Waals surface area contributed by atoms with Crippen LogP contribution in [0.5, 0.6) is 0 Å². The van der Waals surface area contributed by atoms with Crippen molar-refractivity contribution in [2.45, 2.75) is 12.8 Å². The highest BCUT2D eigenvalue weighted by atomic mass is 31.2. The van der Waals surface area contributed by atoms with Gasteiger partial charge in [-0.05, 0) is 41.2 Å². The lowest BCUT2D eigenvalue weighted by Gasteiger charge is -2.29. The third kappa shape index (κ3) is 3.88. The van der Waals surface area contributed by atoms with Crippen LogP contribution in [-0.2, 0) is 6.42 Å². The van der Waals surface area contributed by atoms with Crippen LogP contribution in [0.1, 0.15) is 12.0 Å². The van der Waals surface area contributed by atoms with Crippen molar-refractivity contribution in [1.29, 1.82) is 0 Å². The van der Waals surface area contributed by atoms with Gasteiger partial charge in [0, 0.05) is 0 Å². The third-order valence-corrected chi connectivity index (χ3v) is 9.31. The molecule has 0 fully saturated rings. The van der Waals surface area contributed by atoms with Crippen LogP contribution < -0.4 is 15.9 Å². The van der Waals surface area contributed by atoms with Crippen LogP contribution in [0.4, 0.5) is 0 Å². The molecule has 0 aromatic heterocycles. The van der Waals surface area contributed by atoms with Crippen molar-refractivity contribution < 1.29 is 0 Å². The Bertz CT molecular complexity index is 933. The molecule has 138 valence electrons. The highest BCUT2D eigenvalue weighted by molar-refractivity contribution is 7.94. The Morgan fingerprint density at radius 2 is 0.821 bits per heavy atom. The molecule has 0 aliphatic heterocycles. The fourth-order valence-corrected chi connectivity index (χ4v) is 7.79.